The van der Waals surface area contributed by atoms with Gasteiger partial charge in [0.1, 0.15) is 22.9 Å². The van der Waals surface area contributed by atoms with Gasteiger partial charge in [-0.1, -0.05) is 17.7 Å². The number of phenols is 2. The van der Waals surface area contributed by atoms with Crippen LogP contribution in [0.3, 0.4) is 0 Å². The van der Waals surface area contributed by atoms with E-state index in [4.69, 9.17) is 16.7 Å². The molecule has 104 valence electrons. The van der Waals surface area contributed by atoms with E-state index < -0.39 is 11.8 Å². The first-order valence-corrected chi connectivity index (χ1v) is 5.98. The Morgan fingerprint density at radius 3 is 2.55 bits per heavy atom. The molecular weight excluding hydrogens is 287 g/mol. The van der Waals surface area contributed by atoms with Crippen molar-refractivity contribution < 1.29 is 24.5 Å². The molecule has 2 aromatic rings. The first-order valence-electron chi connectivity index (χ1n) is 5.60. The first kappa shape index (κ1) is 14.1. The third-order valence-corrected chi connectivity index (χ3v) is 3.08. The lowest BCUT2D eigenvalue weighted by molar-refractivity contribution is 0.0693. The van der Waals surface area contributed by atoms with Gasteiger partial charge in [-0.05, 0) is 29.8 Å². The number of hydrogen-bond acceptors (Lipinski definition) is 3. The Hall–Kier alpha value is -2.27. The van der Waals surface area contributed by atoms with Gasteiger partial charge in [-0.25, -0.2) is 9.18 Å². The predicted molar refractivity (Wildman–Crippen MR) is 70.9 cm³/mol. The first-order chi connectivity index (χ1) is 9.38. The predicted octanol–water partition coefficient (Wildman–Crippen LogP) is 3.18. The highest BCUT2D eigenvalue weighted by Crippen LogP contribution is 2.31. The molecule has 0 aliphatic rings. The summed E-state index contributed by atoms with van der Waals surface area (Å²) in [5.74, 6) is -2.48. The fourth-order valence-electron chi connectivity index (χ4n) is 1.84. The summed E-state index contributed by atoms with van der Waals surface area (Å²) in [5, 5.41) is 27.9. The van der Waals surface area contributed by atoms with E-state index in [2.05, 4.69) is 0 Å². The van der Waals surface area contributed by atoms with Crippen LogP contribution in [0.1, 0.15) is 21.5 Å². The standard InChI is InChI=1S/C14H10ClFO4/c15-11-6-9(16)5-8(13(11)18)3-7-1-2-12(17)10(4-7)14(19)20/h1-2,4-6,17-18H,3H2,(H,19,20). The number of hydrogen-bond donors (Lipinski definition) is 3. The number of phenolic OH excluding ortho intramolecular Hbond substituents is 1. The lowest BCUT2D eigenvalue weighted by atomic mass is 10.0. The molecule has 0 aliphatic carbocycles. The minimum Gasteiger partial charge on any atom is -0.507 e. The molecule has 4 nitrogen and oxygen atoms in total. The maximum atomic E-state index is 13.3. The molecule has 2 aromatic carbocycles. The van der Waals surface area contributed by atoms with Crippen LogP contribution in [-0.2, 0) is 6.42 Å². The normalized spacial score (nSPS) is 10.5. The molecule has 0 aromatic heterocycles. The van der Waals surface area contributed by atoms with Crippen LogP contribution in [0.25, 0.3) is 0 Å². The summed E-state index contributed by atoms with van der Waals surface area (Å²) in [6.07, 6.45) is 0.0872. The zero-order valence-electron chi connectivity index (χ0n) is 10.1. The van der Waals surface area contributed by atoms with Crippen molar-refractivity contribution in [1.29, 1.82) is 0 Å². The largest absolute Gasteiger partial charge is 0.507 e. The highest BCUT2D eigenvalue weighted by Gasteiger charge is 2.13. The second-order valence-corrected chi connectivity index (χ2v) is 4.64. The van der Waals surface area contributed by atoms with Crippen molar-refractivity contribution in [3.63, 3.8) is 0 Å². The van der Waals surface area contributed by atoms with Crippen molar-refractivity contribution in [3.05, 3.63) is 57.9 Å². The second kappa shape index (κ2) is 5.38. The highest BCUT2D eigenvalue weighted by molar-refractivity contribution is 6.32. The monoisotopic (exact) mass is 296 g/mol. The molecule has 0 aliphatic heterocycles. The Morgan fingerprint density at radius 1 is 1.20 bits per heavy atom. The summed E-state index contributed by atoms with van der Waals surface area (Å²) in [6, 6.07) is 6.08. The van der Waals surface area contributed by atoms with E-state index >= 15 is 0 Å². The van der Waals surface area contributed by atoms with Crippen molar-refractivity contribution >= 4 is 17.6 Å². The average molecular weight is 297 g/mol. The van der Waals surface area contributed by atoms with Crippen molar-refractivity contribution in [1.82, 2.24) is 0 Å². The van der Waals surface area contributed by atoms with Crippen LogP contribution in [-0.4, -0.2) is 21.3 Å². The molecule has 0 amide bonds. The zero-order valence-corrected chi connectivity index (χ0v) is 10.9. The van der Waals surface area contributed by atoms with Gasteiger partial charge in [0.2, 0.25) is 0 Å². The molecule has 0 atom stereocenters. The number of aromatic hydroxyl groups is 2. The smallest absolute Gasteiger partial charge is 0.339 e. The molecule has 0 saturated carbocycles. The Morgan fingerprint density at radius 2 is 1.90 bits per heavy atom. The molecule has 3 N–H and O–H groups in total. The van der Waals surface area contributed by atoms with Crippen LogP contribution in [0.4, 0.5) is 4.39 Å². The van der Waals surface area contributed by atoms with E-state index in [0.29, 0.717) is 5.56 Å². The van der Waals surface area contributed by atoms with Crippen LogP contribution in [0.5, 0.6) is 11.5 Å². The van der Waals surface area contributed by atoms with E-state index in [-0.39, 0.29) is 34.1 Å². The molecule has 20 heavy (non-hydrogen) atoms. The molecular formula is C14H10ClFO4. The third-order valence-electron chi connectivity index (χ3n) is 2.79. The topological polar surface area (TPSA) is 77.8 Å². The average Bonchev–Trinajstić information content (AvgIpc) is 2.37. The number of carboxylic acid groups (broad SMARTS) is 1. The van der Waals surface area contributed by atoms with Gasteiger partial charge < -0.3 is 15.3 Å². The van der Waals surface area contributed by atoms with E-state index in [1.807, 2.05) is 0 Å². The van der Waals surface area contributed by atoms with Gasteiger partial charge in [0, 0.05) is 12.0 Å². The Labute approximate surface area is 118 Å². The van der Waals surface area contributed by atoms with Crippen molar-refractivity contribution in [2.24, 2.45) is 0 Å². The summed E-state index contributed by atoms with van der Waals surface area (Å²) in [5.41, 5.74) is 0.471. The molecule has 6 heteroatoms. The maximum Gasteiger partial charge on any atom is 0.339 e. The molecule has 2 rings (SSSR count). The fraction of sp³-hybridized carbons (Fsp3) is 0.0714. The lowest BCUT2D eigenvalue weighted by Gasteiger charge is -2.08. The zero-order chi connectivity index (χ0) is 14.9. The minimum atomic E-state index is -1.27. The maximum absolute atomic E-state index is 13.3. The van der Waals surface area contributed by atoms with Gasteiger partial charge in [-0.15, -0.1) is 0 Å². The Bertz CT molecular complexity index is 685. The number of carbonyl (C=O) groups is 1. The summed E-state index contributed by atoms with van der Waals surface area (Å²) >= 11 is 5.67. The van der Waals surface area contributed by atoms with Gasteiger partial charge >= 0.3 is 5.97 Å². The third kappa shape index (κ3) is 2.83. The van der Waals surface area contributed by atoms with Gasteiger partial charge in [-0.2, -0.15) is 0 Å². The summed E-state index contributed by atoms with van der Waals surface area (Å²) in [7, 11) is 0. The van der Waals surface area contributed by atoms with Crippen LogP contribution < -0.4 is 0 Å². The Balaban J connectivity index is 2.40. The SMILES string of the molecule is O=C(O)c1cc(Cc2cc(F)cc(Cl)c2O)ccc1O. The van der Waals surface area contributed by atoms with Gasteiger partial charge in [0.05, 0.1) is 5.02 Å². The Kier molecular flexibility index (Phi) is 3.81. The van der Waals surface area contributed by atoms with Crippen LogP contribution in [0.15, 0.2) is 30.3 Å². The number of benzene rings is 2. The second-order valence-electron chi connectivity index (χ2n) is 4.23. The molecule has 0 spiro atoms. The number of halogens is 2. The van der Waals surface area contributed by atoms with Gasteiger partial charge in [0.15, 0.2) is 0 Å². The van der Waals surface area contributed by atoms with E-state index in [1.165, 1.54) is 18.2 Å². The molecule has 0 bridgehead atoms. The quantitative estimate of drug-likeness (QED) is 0.813. The highest BCUT2D eigenvalue weighted by atomic mass is 35.5. The molecule has 0 radical (unpaired) electrons. The minimum absolute atomic E-state index is 0.0872. The van der Waals surface area contributed by atoms with Crippen molar-refractivity contribution in [3.8, 4) is 11.5 Å². The lowest BCUT2D eigenvalue weighted by Crippen LogP contribution is -1.99. The van der Waals surface area contributed by atoms with E-state index in [0.717, 1.165) is 12.1 Å². The molecule has 0 heterocycles. The van der Waals surface area contributed by atoms with Gasteiger partial charge in [0.25, 0.3) is 0 Å². The number of rotatable bonds is 3. The number of aromatic carboxylic acids is 1. The van der Waals surface area contributed by atoms with Crippen LogP contribution in [0.2, 0.25) is 5.02 Å². The van der Waals surface area contributed by atoms with Crippen molar-refractivity contribution in [2.45, 2.75) is 6.42 Å². The molecule has 0 saturated heterocycles. The number of carboxylic acids is 1. The molecule has 0 fully saturated rings. The summed E-state index contributed by atoms with van der Waals surface area (Å²) < 4.78 is 13.3. The summed E-state index contributed by atoms with van der Waals surface area (Å²) in [6.45, 7) is 0. The molecule has 0 unspecified atom stereocenters. The summed E-state index contributed by atoms with van der Waals surface area (Å²) in [4.78, 5) is 10.9. The fourth-order valence-corrected chi connectivity index (χ4v) is 2.06. The van der Waals surface area contributed by atoms with Gasteiger partial charge in [-0.3, -0.25) is 0 Å². The van der Waals surface area contributed by atoms with E-state index in [1.54, 1.807) is 0 Å². The van der Waals surface area contributed by atoms with Crippen LogP contribution in [0, 0.1) is 5.82 Å². The van der Waals surface area contributed by atoms with E-state index in [9.17, 15) is 19.4 Å². The van der Waals surface area contributed by atoms with Crippen LogP contribution >= 0.6 is 11.6 Å². The van der Waals surface area contributed by atoms with Crippen molar-refractivity contribution in [2.75, 3.05) is 0 Å².